The van der Waals surface area contributed by atoms with Crippen molar-refractivity contribution >= 4 is 34.3 Å². The van der Waals surface area contributed by atoms with Crippen LogP contribution < -0.4 is 10.6 Å². The average molecular weight is 454 g/mol. The Labute approximate surface area is 193 Å². The Bertz CT molecular complexity index is 1380. The molecular weight excluding hydrogens is 436 g/mol. The molecule has 0 aromatic heterocycles. The highest BCUT2D eigenvalue weighted by molar-refractivity contribution is 6.32. The summed E-state index contributed by atoms with van der Waals surface area (Å²) in [7, 11) is 0. The lowest BCUT2D eigenvalue weighted by atomic mass is 9.82. The molecule has 168 valence electrons. The van der Waals surface area contributed by atoms with Crippen LogP contribution in [0.1, 0.15) is 31.8 Å². The van der Waals surface area contributed by atoms with Gasteiger partial charge in [-0.3, -0.25) is 9.59 Å². The third-order valence-corrected chi connectivity index (χ3v) is 5.57. The van der Waals surface area contributed by atoms with Gasteiger partial charge in [-0.2, -0.15) is 0 Å². The molecule has 0 unspecified atom stereocenters. The summed E-state index contributed by atoms with van der Waals surface area (Å²) in [4.78, 5) is 27.0. The minimum absolute atomic E-state index is 0.0658. The molecule has 0 amide bonds. The van der Waals surface area contributed by atoms with Crippen molar-refractivity contribution in [1.82, 2.24) is 0 Å². The third kappa shape index (κ3) is 3.43. The standard InChI is InChI=1S/C26H18N2O6/c29-13-5-9-21(31)19(11-13)27-17-7-8-18(28-20-12-14(30)6-10-22(20)32)24-23(17)25(33)15-3-1-2-4-16(15)26(24)34/h1-12,27-32H. The van der Waals surface area contributed by atoms with Crippen LogP contribution in [0.15, 0.2) is 72.8 Å². The summed E-state index contributed by atoms with van der Waals surface area (Å²) in [5.74, 6) is -1.33. The number of hydrogen-bond donors (Lipinski definition) is 6. The van der Waals surface area contributed by atoms with Crippen molar-refractivity contribution in [2.75, 3.05) is 10.6 Å². The summed E-state index contributed by atoms with van der Waals surface area (Å²) in [6.07, 6.45) is 0. The number of carbonyl (C=O) groups is 2. The van der Waals surface area contributed by atoms with Crippen LogP contribution in [0, 0.1) is 0 Å². The Morgan fingerprint density at radius 2 is 0.912 bits per heavy atom. The number of carbonyl (C=O) groups excluding carboxylic acids is 2. The highest BCUT2D eigenvalue weighted by atomic mass is 16.3. The van der Waals surface area contributed by atoms with E-state index in [9.17, 15) is 30.0 Å². The number of phenols is 4. The van der Waals surface area contributed by atoms with Crippen LogP contribution in [-0.4, -0.2) is 32.0 Å². The van der Waals surface area contributed by atoms with E-state index in [1.807, 2.05) is 0 Å². The first-order valence-electron chi connectivity index (χ1n) is 10.3. The molecule has 1 aliphatic carbocycles. The third-order valence-electron chi connectivity index (χ3n) is 5.57. The van der Waals surface area contributed by atoms with Crippen molar-refractivity contribution in [3.05, 3.63) is 95.1 Å². The zero-order valence-electron chi connectivity index (χ0n) is 17.5. The monoisotopic (exact) mass is 454 g/mol. The van der Waals surface area contributed by atoms with Gasteiger partial charge in [-0.25, -0.2) is 0 Å². The van der Waals surface area contributed by atoms with Crippen LogP contribution in [0.4, 0.5) is 22.7 Å². The fraction of sp³-hybridized carbons (Fsp3) is 0. The van der Waals surface area contributed by atoms with E-state index in [1.165, 1.54) is 36.4 Å². The Kier molecular flexibility index (Phi) is 4.83. The fourth-order valence-corrected chi connectivity index (χ4v) is 3.97. The zero-order chi connectivity index (χ0) is 24.0. The molecule has 6 N–H and O–H groups in total. The minimum Gasteiger partial charge on any atom is -0.508 e. The lowest BCUT2D eigenvalue weighted by Gasteiger charge is -2.24. The highest BCUT2D eigenvalue weighted by Gasteiger charge is 2.34. The summed E-state index contributed by atoms with van der Waals surface area (Å²) < 4.78 is 0. The van der Waals surface area contributed by atoms with Gasteiger partial charge in [0.1, 0.15) is 23.0 Å². The van der Waals surface area contributed by atoms with Crippen molar-refractivity contribution < 1.29 is 30.0 Å². The first-order chi connectivity index (χ1) is 16.3. The van der Waals surface area contributed by atoms with E-state index < -0.39 is 11.6 Å². The van der Waals surface area contributed by atoms with E-state index in [0.717, 1.165) is 0 Å². The summed E-state index contributed by atoms with van der Waals surface area (Å²) in [6, 6.07) is 17.4. The predicted octanol–water partition coefficient (Wildman–Crippen LogP) is 4.77. The molecule has 0 radical (unpaired) electrons. The second-order valence-electron chi connectivity index (χ2n) is 7.77. The molecule has 0 saturated heterocycles. The van der Waals surface area contributed by atoms with Crippen molar-refractivity contribution in [3.8, 4) is 23.0 Å². The number of rotatable bonds is 4. The van der Waals surface area contributed by atoms with Crippen molar-refractivity contribution in [2.45, 2.75) is 0 Å². The van der Waals surface area contributed by atoms with Crippen LogP contribution in [-0.2, 0) is 0 Å². The van der Waals surface area contributed by atoms with Gasteiger partial charge in [-0.05, 0) is 36.4 Å². The average Bonchev–Trinajstić information content (AvgIpc) is 2.83. The lowest BCUT2D eigenvalue weighted by molar-refractivity contribution is 0.0980. The van der Waals surface area contributed by atoms with Crippen molar-refractivity contribution in [3.63, 3.8) is 0 Å². The molecule has 0 aliphatic heterocycles. The molecule has 8 nitrogen and oxygen atoms in total. The van der Waals surface area contributed by atoms with Crippen molar-refractivity contribution in [1.29, 1.82) is 0 Å². The van der Waals surface area contributed by atoms with E-state index in [1.54, 1.807) is 36.4 Å². The van der Waals surface area contributed by atoms with Gasteiger partial charge >= 0.3 is 0 Å². The summed E-state index contributed by atoms with van der Waals surface area (Å²) in [5, 5.41) is 45.9. The van der Waals surface area contributed by atoms with Crippen LogP contribution in [0.5, 0.6) is 23.0 Å². The molecular formula is C26H18N2O6. The second kappa shape index (κ2) is 7.86. The molecule has 0 saturated carbocycles. The van der Waals surface area contributed by atoms with Gasteiger partial charge < -0.3 is 31.1 Å². The van der Waals surface area contributed by atoms with E-state index in [2.05, 4.69) is 10.6 Å². The van der Waals surface area contributed by atoms with Crippen LogP contribution in [0.3, 0.4) is 0 Å². The number of ketones is 2. The largest absolute Gasteiger partial charge is 0.508 e. The first-order valence-corrected chi connectivity index (χ1v) is 10.3. The Morgan fingerprint density at radius 3 is 1.32 bits per heavy atom. The molecule has 8 heteroatoms. The minimum atomic E-state index is -0.406. The van der Waals surface area contributed by atoms with Gasteiger partial charge in [-0.15, -0.1) is 0 Å². The molecule has 1 aliphatic rings. The number of nitrogens with one attached hydrogen (secondary N) is 2. The Hall–Kier alpha value is -4.98. The van der Waals surface area contributed by atoms with Gasteiger partial charge in [0.2, 0.25) is 0 Å². The fourth-order valence-electron chi connectivity index (χ4n) is 3.97. The lowest BCUT2D eigenvalue weighted by Crippen LogP contribution is -2.23. The Morgan fingerprint density at radius 1 is 0.500 bits per heavy atom. The van der Waals surface area contributed by atoms with Gasteiger partial charge in [-0.1, -0.05) is 24.3 Å². The SMILES string of the molecule is O=C1c2ccccc2C(=O)c2c(Nc3cc(O)ccc3O)ccc(Nc3cc(O)ccc3O)c21. The molecule has 4 aromatic carbocycles. The number of fused-ring (bicyclic) bond motifs is 2. The number of hydrogen-bond acceptors (Lipinski definition) is 8. The number of aromatic hydroxyl groups is 4. The first kappa shape index (κ1) is 20.9. The number of phenolic OH excluding ortho intramolecular Hbond substituents is 4. The van der Waals surface area contributed by atoms with Gasteiger partial charge in [0.15, 0.2) is 11.6 Å². The Balaban J connectivity index is 1.70. The quantitative estimate of drug-likeness (QED) is 0.169. The maximum atomic E-state index is 13.5. The molecule has 5 rings (SSSR count). The maximum Gasteiger partial charge on any atom is 0.196 e. The molecule has 0 heterocycles. The predicted molar refractivity (Wildman–Crippen MR) is 126 cm³/mol. The van der Waals surface area contributed by atoms with E-state index in [4.69, 9.17) is 0 Å². The molecule has 4 aromatic rings. The van der Waals surface area contributed by atoms with E-state index in [0.29, 0.717) is 0 Å². The summed E-state index contributed by atoms with van der Waals surface area (Å²) in [5.41, 5.74) is 1.39. The van der Waals surface area contributed by atoms with Crippen LogP contribution in [0.25, 0.3) is 0 Å². The topological polar surface area (TPSA) is 139 Å². The van der Waals surface area contributed by atoms with Crippen LogP contribution in [0.2, 0.25) is 0 Å². The molecule has 0 fully saturated rings. The number of benzene rings is 4. The van der Waals surface area contributed by atoms with Gasteiger partial charge in [0.25, 0.3) is 0 Å². The van der Waals surface area contributed by atoms with Gasteiger partial charge in [0, 0.05) is 23.3 Å². The summed E-state index contributed by atoms with van der Waals surface area (Å²) in [6.45, 7) is 0. The van der Waals surface area contributed by atoms with Gasteiger partial charge in [0.05, 0.1) is 33.9 Å². The van der Waals surface area contributed by atoms with Crippen LogP contribution >= 0.6 is 0 Å². The zero-order valence-corrected chi connectivity index (χ0v) is 17.5. The van der Waals surface area contributed by atoms with Crippen molar-refractivity contribution in [2.24, 2.45) is 0 Å². The molecule has 34 heavy (non-hydrogen) atoms. The maximum absolute atomic E-state index is 13.5. The highest BCUT2D eigenvalue weighted by Crippen LogP contribution is 2.41. The molecule has 0 spiro atoms. The smallest absolute Gasteiger partial charge is 0.196 e. The van der Waals surface area contributed by atoms with E-state index >= 15 is 0 Å². The van der Waals surface area contributed by atoms with E-state index in [-0.39, 0.29) is 68.0 Å². The number of anilines is 4. The normalized spacial score (nSPS) is 12.1. The molecule has 0 atom stereocenters. The second-order valence-corrected chi connectivity index (χ2v) is 7.77. The molecule has 0 bridgehead atoms. The summed E-state index contributed by atoms with van der Waals surface area (Å²) >= 11 is 0.